The van der Waals surface area contributed by atoms with E-state index in [2.05, 4.69) is 49.6 Å². The number of carbonyl (C=O) groups excluding carboxylic acids is 1. The van der Waals surface area contributed by atoms with Crippen LogP contribution in [0, 0.1) is 19.3 Å². The molecule has 3 nitrogen and oxygen atoms in total. The molecule has 1 aromatic rings. The zero-order chi connectivity index (χ0) is 16.0. The molecule has 0 unspecified atom stereocenters. The van der Waals surface area contributed by atoms with Gasteiger partial charge in [0.05, 0.1) is 0 Å². The Morgan fingerprint density at radius 2 is 1.96 bits per heavy atom. The molecule has 0 bridgehead atoms. The van der Waals surface area contributed by atoms with E-state index in [9.17, 15) is 4.79 Å². The summed E-state index contributed by atoms with van der Waals surface area (Å²) in [6.45, 7) is 9.47. The lowest BCUT2D eigenvalue weighted by Gasteiger charge is -2.34. The van der Waals surface area contributed by atoms with Crippen LogP contribution in [0.4, 0.5) is 0 Å². The van der Waals surface area contributed by atoms with Crippen molar-refractivity contribution >= 4 is 30.1 Å². The van der Waals surface area contributed by atoms with Crippen LogP contribution in [0.2, 0.25) is 0 Å². The van der Waals surface area contributed by atoms with Crippen molar-refractivity contribution in [2.75, 3.05) is 25.4 Å². The maximum atomic E-state index is 12.0. The number of amides is 1. The first-order chi connectivity index (χ1) is 10.5. The molecular formula is C18H29ClN2OS. The molecular weight excluding hydrogens is 328 g/mol. The largest absolute Gasteiger partial charge is 0.356 e. The number of aryl methyl sites for hydroxylation is 2. The van der Waals surface area contributed by atoms with Gasteiger partial charge in [-0.2, -0.15) is 0 Å². The van der Waals surface area contributed by atoms with Gasteiger partial charge in [-0.3, -0.25) is 4.79 Å². The first kappa shape index (κ1) is 20.3. The second-order valence-corrected chi connectivity index (χ2v) is 7.85. The van der Waals surface area contributed by atoms with Crippen LogP contribution < -0.4 is 10.6 Å². The number of piperidine rings is 1. The number of rotatable bonds is 6. The number of thioether (sulfide) groups is 1. The van der Waals surface area contributed by atoms with Crippen LogP contribution >= 0.6 is 24.2 Å². The Bertz CT molecular complexity index is 516. The number of benzene rings is 1. The average molecular weight is 357 g/mol. The Kier molecular flexibility index (Phi) is 8.45. The third kappa shape index (κ3) is 6.74. The van der Waals surface area contributed by atoms with E-state index in [-0.39, 0.29) is 23.7 Å². The number of hydrogen-bond donors (Lipinski definition) is 2. The van der Waals surface area contributed by atoms with Gasteiger partial charge in [0, 0.05) is 23.6 Å². The molecule has 1 aliphatic heterocycles. The monoisotopic (exact) mass is 356 g/mol. The highest BCUT2D eigenvalue weighted by atomic mass is 35.5. The molecule has 0 aromatic heterocycles. The Morgan fingerprint density at radius 3 is 2.61 bits per heavy atom. The van der Waals surface area contributed by atoms with E-state index >= 15 is 0 Å². The second-order valence-electron chi connectivity index (χ2n) is 6.68. The van der Waals surface area contributed by atoms with Gasteiger partial charge in [-0.25, -0.2) is 0 Å². The van der Waals surface area contributed by atoms with Crippen LogP contribution in [0.25, 0.3) is 0 Å². The summed E-state index contributed by atoms with van der Waals surface area (Å²) in [5.74, 6) is 1.02. The van der Waals surface area contributed by atoms with Crippen molar-refractivity contribution in [1.29, 1.82) is 0 Å². The average Bonchev–Trinajstić information content (AvgIpc) is 2.50. The zero-order valence-electron chi connectivity index (χ0n) is 14.4. The van der Waals surface area contributed by atoms with Crippen LogP contribution in [-0.4, -0.2) is 31.3 Å². The molecule has 0 aliphatic carbocycles. The summed E-state index contributed by atoms with van der Waals surface area (Å²) in [7, 11) is 0. The molecule has 0 radical (unpaired) electrons. The molecule has 1 amide bonds. The van der Waals surface area contributed by atoms with E-state index in [0.717, 1.165) is 38.2 Å². The summed E-state index contributed by atoms with van der Waals surface area (Å²) < 4.78 is 0. The molecule has 1 aromatic carbocycles. The van der Waals surface area contributed by atoms with Gasteiger partial charge in [0.15, 0.2) is 0 Å². The molecule has 0 saturated carbocycles. The number of halogens is 1. The maximum absolute atomic E-state index is 12.0. The van der Waals surface area contributed by atoms with Crippen molar-refractivity contribution in [2.24, 2.45) is 5.41 Å². The quantitative estimate of drug-likeness (QED) is 0.763. The SMILES string of the molecule is Cc1ccc(SCCC(=O)NCC2(C)CCNCC2)cc1C.Cl. The molecule has 0 atom stereocenters. The highest BCUT2D eigenvalue weighted by molar-refractivity contribution is 7.99. The fraction of sp³-hybridized carbons (Fsp3) is 0.611. The summed E-state index contributed by atoms with van der Waals surface area (Å²) in [5, 5.41) is 6.49. The smallest absolute Gasteiger partial charge is 0.220 e. The van der Waals surface area contributed by atoms with E-state index in [1.54, 1.807) is 11.8 Å². The number of carbonyl (C=O) groups is 1. The molecule has 23 heavy (non-hydrogen) atoms. The van der Waals surface area contributed by atoms with Crippen LogP contribution in [0.1, 0.15) is 37.3 Å². The van der Waals surface area contributed by atoms with Gasteiger partial charge in [-0.15, -0.1) is 24.2 Å². The standard InChI is InChI=1S/C18H28N2OS.ClH/c1-14-4-5-16(12-15(14)2)22-11-6-17(21)20-13-18(3)7-9-19-10-8-18;/h4-5,12,19H,6-11,13H2,1-3H3,(H,20,21);1H. The van der Waals surface area contributed by atoms with Gasteiger partial charge in [0.25, 0.3) is 0 Å². The predicted octanol–water partition coefficient (Wildman–Crippen LogP) is 3.71. The Morgan fingerprint density at radius 1 is 1.26 bits per heavy atom. The first-order valence-corrected chi connectivity index (χ1v) is 9.15. The molecule has 1 aliphatic rings. The molecule has 2 N–H and O–H groups in total. The van der Waals surface area contributed by atoms with Crippen molar-refractivity contribution in [2.45, 2.75) is 44.9 Å². The minimum Gasteiger partial charge on any atom is -0.356 e. The Hall–Kier alpha value is -0.710. The van der Waals surface area contributed by atoms with Crippen molar-refractivity contribution in [3.8, 4) is 0 Å². The normalized spacial score (nSPS) is 16.5. The van der Waals surface area contributed by atoms with Crippen LogP contribution in [-0.2, 0) is 4.79 Å². The van der Waals surface area contributed by atoms with Gasteiger partial charge in [0.2, 0.25) is 5.91 Å². The molecule has 0 spiro atoms. The first-order valence-electron chi connectivity index (χ1n) is 8.16. The van der Waals surface area contributed by atoms with E-state index in [1.165, 1.54) is 16.0 Å². The highest BCUT2D eigenvalue weighted by Crippen LogP contribution is 2.26. The molecule has 5 heteroatoms. The van der Waals surface area contributed by atoms with E-state index in [0.29, 0.717) is 6.42 Å². The van der Waals surface area contributed by atoms with Crippen molar-refractivity contribution in [3.05, 3.63) is 29.3 Å². The Labute approximate surface area is 150 Å². The minimum atomic E-state index is 0. The lowest BCUT2D eigenvalue weighted by Crippen LogP contribution is -2.42. The van der Waals surface area contributed by atoms with Gasteiger partial charge in [-0.1, -0.05) is 13.0 Å². The second kappa shape index (κ2) is 9.55. The third-order valence-corrected chi connectivity index (χ3v) is 5.59. The number of nitrogens with one attached hydrogen (secondary N) is 2. The van der Waals surface area contributed by atoms with Crippen molar-refractivity contribution < 1.29 is 4.79 Å². The van der Waals surface area contributed by atoms with E-state index < -0.39 is 0 Å². The summed E-state index contributed by atoms with van der Waals surface area (Å²) >= 11 is 1.76. The fourth-order valence-electron chi connectivity index (χ4n) is 2.67. The topological polar surface area (TPSA) is 41.1 Å². The molecule has 1 fully saturated rings. The lowest BCUT2D eigenvalue weighted by atomic mass is 9.81. The van der Waals surface area contributed by atoms with Gasteiger partial charge in [0.1, 0.15) is 0 Å². The summed E-state index contributed by atoms with van der Waals surface area (Å²) in [6.07, 6.45) is 2.88. The molecule has 2 rings (SSSR count). The van der Waals surface area contributed by atoms with E-state index in [4.69, 9.17) is 0 Å². The lowest BCUT2D eigenvalue weighted by molar-refractivity contribution is -0.121. The summed E-state index contributed by atoms with van der Waals surface area (Å²) in [5.41, 5.74) is 2.90. The maximum Gasteiger partial charge on any atom is 0.220 e. The molecule has 1 saturated heterocycles. The highest BCUT2D eigenvalue weighted by Gasteiger charge is 2.26. The number of hydrogen-bond acceptors (Lipinski definition) is 3. The van der Waals surface area contributed by atoms with Crippen molar-refractivity contribution in [1.82, 2.24) is 10.6 Å². The summed E-state index contributed by atoms with van der Waals surface area (Å²) in [4.78, 5) is 13.3. The Balaban J connectivity index is 0.00000264. The minimum absolute atomic E-state index is 0. The fourth-order valence-corrected chi connectivity index (χ4v) is 3.62. The van der Waals surface area contributed by atoms with Crippen LogP contribution in [0.5, 0.6) is 0 Å². The molecule has 130 valence electrons. The molecule has 1 heterocycles. The van der Waals surface area contributed by atoms with Crippen molar-refractivity contribution in [3.63, 3.8) is 0 Å². The predicted molar refractivity (Wildman–Crippen MR) is 102 cm³/mol. The van der Waals surface area contributed by atoms with Gasteiger partial charge >= 0.3 is 0 Å². The zero-order valence-corrected chi connectivity index (χ0v) is 16.0. The van der Waals surface area contributed by atoms with Crippen LogP contribution in [0.15, 0.2) is 23.1 Å². The van der Waals surface area contributed by atoms with E-state index in [1.807, 2.05) is 0 Å². The van der Waals surface area contributed by atoms with Gasteiger partial charge in [-0.05, 0) is 68.5 Å². The van der Waals surface area contributed by atoms with Crippen LogP contribution in [0.3, 0.4) is 0 Å². The van der Waals surface area contributed by atoms with Gasteiger partial charge < -0.3 is 10.6 Å². The third-order valence-electron chi connectivity index (χ3n) is 4.60. The summed E-state index contributed by atoms with van der Waals surface area (Å²) in [6, 6.07) is 6.49.